The molecule has 0 radical (unpaired) electrons. The van der Waals surface area contributed by atoms with Gasteiger partial charge in [0.1, 0.15) is 11.4 Å². The molecule has 4 aromatic heterocycles. The standard InChI is InChI=1S/C24H14F6N8O4S2.Zn/c25-23(26,27)17-13-21(37(33-17)19-9-3-5-11-31-19)35-43(39,40)15-7-1-2-8-16(15)44(41,42)36-22-14-18(24(28,29)30)34-38(22)20-10-4-6-12-32-20;/h1-14H;/q-2;+2. The van der Waals surface area contributed by atoms with Crippen molar-refractivity contribution in [1.82, 2.24) is 29.5 Å². The molecule has 0 unspecified atom stereocenters. The molecule has 0 aliphatic heterocycles. The first kappa shape index (κ1) is 33.5. The van der Waals surface area contributed by atoms with Crippen LogP contribution in [0.5, 0.6) is 0 Å². The van der Waals surface area contributed by atoms with Gasteiger partial charge in [0.05, 0.1) is 21.4 Å². The zero-order valence-electron chi connectivity index (χ0n) is 22.1. The van der Waals surface area contributed by atoms with E-state index in [1.807, 2.05) is 0 Å². The van der Waals surface area contributed by atoms with Gasteiger partial charge in [-0.1, -0.05) is 24.3 Å². The van der Waals surface area contributed by atoms with Crippen LogP contribution in [0, 0.1) is 0 Å². The van der Waals surface area contributed by atoms with E-state index in [2.05, 4.69) is 29.6 Å². The molecule has 1 aromatic carbocycles. The van der Waals surface area contributed by atoms with Crippen LogP contribution in [-0.4, -0.2) is 46.4 Å². The average molecular weight is 722 g/mol. The van der Waals surface area contributed by atoms with E-state index >= 15 is 0 Å². The van der Waals surface area contributed by atoms with Crippen LogP contribution >= 0.6 is 0 Å². The second-order valence-corrected chi connectivity index (χ2v) is 11.7. The Morgan fingerprint density at radius 1 is 0.578 bits per heavy atom. The van der Waals surface area contributed by atoms with E-state index in [1.165, 1.54) is 48.8 Å². The van der Waals surface area contributed by atoms with Crippen molar-refractivity contribution < 1.29 is 62.7 Å². The number of sulfonamides is 2. The van der Waals surface area contributed by atoms with Gasteiger partial charge in [-0.15, -0.1) is 0 Å². The van der Waals surface area contributed by atoms with Crippen LogP contribution in [0.3, 0.4) is 0 Å². The van der Waals surface area contributed by atoms with Crippen LogP contribution in [0.1, 0.15) is 11.4 Å². The quantitative estimate of drug-likeness (QED) is 0.147. The average Bonchev–Trinajstić information content (AvgIpc) is 3.58. The maximum atomic E-state index is 13.4. The Bertz CT molecular complexity index is 1890. The molecular weight excluding hydrogens is 708 g/mol. The fourth-order valence-electron chi connectivity index (χ4n) is 3.67. The van der Waals surface area contributed by atoms with Crippen molar-refractivity contribution in [3.05, 3.63) is 106 Å². The van der Waals surface area contributed by atoms with Crippen LogP contribution in [0.25, 0.3) is 21.1 Å². The second-order valence-electron chi connectivity index (χ2n) is 8.55. The number of hydrogen-bond donors (Lipinski definition) is 0. The number of hydrogen-bond acceptors (Lipinski definition) is 8. The molecule has 0 amide bonds. The molecule has 45 heavy (non-hydrogen) atoms. The van der Waals surface area contributed by atoms with Crippen molar-refractivity contribution in [3.63, 3.8) is 0 Å². The van der Waals surface area contributed by atoms with Gasteiger partial charge in [-0.05, 0) is 60.2 Å². The summed E-state index contributed by atoms with van der Waals surface area (Å²) in [5, 5.41) is 6.69. The normalized spacial score (nSPS) is 12.4. The van der Waals surface area contributed by atoms with Crippen molar-refractivity contribution in [3.8, 4) is 11.6 Å². The summed E-state index contributed by atoms with van der Waals surface area (Å²) in [6, 6.07) is 12.5. The van der Waals surface area contributed by atoms with Crippen LogP contribution in [0.2, 0.25) is 0 Å². The molecule has 0 fully saturated rings. The molecule has 5 rings (SSSR count). The molecule has 0 saturated carbocycles. The van der Waals surface area contributed by atoms with Crippen molar-refractivity contribution in [2.45, 2.75) is 22.1 Å². The van der Waals surface area contributed by atoms with Crippen LogP contribution < -0.4 is 0 Å². The van der Waals surface area contributed by atoms with E-state index in [9.17, 15) is 43.2 Å². The monoisotopic (exact) mass is 720 g/mol. The van der Waals surface area contributed by atoms with Gasteiger partial charge in [0, 0.05) is 12.4 Å². The molecular formula is C24H14F6N8O4S2Zn. The molecule has 230 valence electrons. The van der Waals surface area contributed by atoms with Gasteiger partial charge in [-0.3, -0.25) is 9.97 Å². The van der Waals surface area contributed by atoms with Gasteiger partial charge < -0.3 is 18.8 Å². The molecule has 0 aliphatic carbocycles. The SMILES string of the molecule is O=S(=O)([N-]c1cc(C(F)(F)F)nn1-c1ccccn1)c1ccccc1S(=O)(=O)[N-]c1cc(C(F)(F)F)nn1-c1ccccn1.[Zn+2]. The van der Waals surface area contributed by atoms with Crippen LogP contribution in [-0.2, 0) is 51.9 Å². The second kappa shape index (κ2) is 12.2. The fourth-order valence-corrected chi connectivity index (χ4v) is 6.39. The predicted molar refractivity (Wildman–Crippen MR) is 140 cm³/mol. The maximum absolute atomic E-state index is 13.4. The first-order valence-corrected chi connectivity index (χ1v) is 14.7. The van der Waals surface area contributed by atoms with E-state index in [0.717, 1.165) is 24.3 Å². The summed E-state index contributed by atoms with van der Waals surface area (Å²) in [6.07, 6.45) is -7.63. The summed E-state index contributed by atoms with van der Waals surface area (Å²) in [7, 11) is -10.3. The number of rotatable bonds is 8. The van der Waals surface area contributed by atoms with Crippen molar-refractivity contribution in [2.75, 3.05) is 0 Å². The summed E-state index contributed by atoms with van der Waals surface area (Å²) in [6.45, 7) is 0. The molecule has 0 saturated heterocycles. The minimum Gasteiger partial charge on any atom is -0.352 e. The summed E-state index contributed by atoms with van der Waals surface area (Å²) >= 11 is 0. The zero-order chi connectivity index (χ0) is 31.9. The Hall–Kier alpha value is -4.36. The number of alkyl halides is 6. The van der Waals surface area contributed by atoms with Gasteiger partial charge in [-0.2, -0.15) is 26.3 Å². The molecule has 12 nitrogen and oxygen atoms in total. The summed E-state index contributed by atoms with van der Waals surface area (Å²) < 4.78 is 142. The fraction of sp³-hybridized carbons (Fsp3) is 0.0833. The van der Waals surface area contributed by atoms with Gasteiger partial charge >= 0.3 is 31.8 Å². The number of nitrogens with zero attached hydrogens (tertiary/aromatic N) is 8. The van der Waals surface area contributed by atoms with Gasteiger partial charge in [0.25, 0.3) is 0 Å². The summed E-state index contributed by atoms with van der Waals surface area (Å²) in [4.78, 5) is 5.60. The first-order valence-electron chi connectivity index (χ1n) is 11.8. The minimum absolute atomic E-state index is 0. The smallest absolute Gasteiger partial charge is 0.352 e. The van der Waals surface area contributed by atoms with Gasteiger partial charge in [-0.25, -0.2) is 27.0 Å². The Morgan fingerprint density at radius 2 is 0.933 bits per heavy atom. The van der Waals surface area contributed by atoms with E-state index in [-0.39, 0.29) is 31.1 Å². The number of benzene rings is 1. The maximum Gasteiger partial charge on any atom is 2.00 e. The Morgan fingerprint density at radius 3 is 1.24 bits per heavy atom. The molecule has 0 N–H and O–H groups in total. The number of aromatic nitrogens is 6. The third-order valence-corrected chi connectivity index (χ3v) is 8.33. The number of pyridine rings is 2. The third kappa shape index (κ3) is 7.15. The Kier molecular flexibility index (Phi) is 9.10. The Balaban J connectivity index is 0.00000461. The zero-order valence-corrected chi connectivity index (χ0v) is 26.7. The van der Waals surface area contributed by atoms with E-state index in [1.54, 1.807) is 0 Å². The van der Waals surface area contributed by atoms with E-state index < -0.39 is 65.2 Å². The molecule has 21 heteroatoms. The van der Waals surface area contributed by atoms with Gasteiger partial charge in [0.15, 0.2) is 0 Å². The predicted octanol–water partition coefficient (Wildman–Crippen LogP) is 5.67. The van der Waals surface area contributed by atoms with Crippen LogP contribution in [0.4, 0.5) is 38.0 Å². The van der Waals surface area contributed by atoms with E-state index in [4.69, 9.17) is 0 Å². The van der Waals surface area contributed by atoms with Crippen molar-refractivity contribution in [1.29, 1.82) is 0 Å². The first-order chi connectivity index (χ1) is 20.6. The molecule has 0 atom stereocenters. The van der Waals surface area contributed by atoms with Crippen molar-refractivity contribution in [2.24, 2.45) is 0 Å². The Labute approximate surface area is 263 Å². The van der Waals surface area contributed by atoms with E-state index in [0.29, 0.717) is 21.5 Å². The van der Waals surface area contributed by atoms with Gasteiger partial charge in [0.2, 0.25) is 20.0 Å². The molecule has 4 heterocycles. The van der Waals surface area contributed by atoms with Crippen LogP contribution in [0.15, 0.2) is 95.0 Å². The topological polar surface area (TPSA) is 158 Å². The van der Waals surface area contributed by atoms with Crippen molar-refractivity contribution >= 4 is 31.7 Å². The third-order valence-electron chi connectivity index (χ3n) is 5.53. The largest absolute Gasteiger partial charge is 2.00 e. The molecule has 0 bridgehead atoms. The number of halogens is 6. The summed E-state index contributed by atoms with van der Waals surface area (Å²) in [5.41, 5.74) is -3.03. The molecule has 0 spiro atoms. The molecule has 5 aromatic rings. The molecule has 0 aliphatic rings. The summed E-state index contributed by atoms with van der Waals surface area (Å²) in [5.74, 6) is -2.22. The minimum atomic E-state index is -5.15.